The molecule has 0 spiro atoms. The highest BCUT2D eigenvalue weighted by atomic mass is 32.2. The van der Waals surface area contributed by atoms with Crippen molar-refractivity contribution in [2.24, 2.45) is 10.9 Å². The molecule has 0 radical (unpaired) electrons. The first-order valence-electron chi connectivity index (χ1n) is 10.4. The number of thioether (sulfide) groups is 1. The third-order valence-electron chi connectivity index (χ3n) is 5.41. The van der Waals surface area contributed by atoms with E-state index in [-0.39, 0.29) is 41.2 Å². The van der Waals surface area contributed by atoms with Gasteiger partial charge in [0, 0.05) is 5.75 Å². The molecular formula is C18H29N6O9PS. The van der Waals surface area contributed by atoms with Crippen LogP contribution < -0.4 is 16.8 Å². The number of aliphatic hydroxyl groups excluding tert-OH is 2. The number of nitrogen functional groups attached to an aromatic ring is 1. The molecule has 196 valence electrons. The lowest BCUT2D eigenvalue weighted by Crippen LogP contribution is -2.44. The smallest absolute Gasteiger partial charge is 0.395 e. The van der Waals surface area contributed by atoms with Crippen LogP contribution in [-0.4, -0.2) is 83.3 Å². The number of hydrogen-bond acceptors (Lipinski definition) is 13. The van der Waals surface area contributed by atoms with Gasteiger partial charge in [-0.15, -0.1) is 0 Å². The molecule has 1 aliphatic rings. The number of nitrogens with two attached hydrogens (primary N) is 2. The van der Waals surface area contributed by atoms with Gasteiger partial charge >= 0.3 is 7.75 Å². The number of anilines is 1. The maximum atomic E-state index is 12.4. The first-order valence-corrected chi connectivity index (χ1v) is 13.0. The number of rotatable bonds is 10. The topological polar surface area (TPSA) is 238 Å². The number of imidazole rings is 1. The monoisotopic (exact) mass is 536 g/mol. The third kappa shape index (κ3) is 5.93. The first-order chi connectivity index (χ1) is 16.2. The average Bonchev–Trinajstić information content (AvgIpc) is 3.28. The number of carbonyl (C=O) groups excluding carboxylic acids is 1. The van der Waals surface area contributed by atoms with Crippen LogP contribution in [0, 0.1) is 5.41 Å². The van der Waals surface area contributed by atoms with Gasteiger partial charge in [-0.05, 0) is 20.8 Å². The molecule has 0 aliphatic carbocycles. The maximum Gasteiger partial charge on any atom is 0.402 e. The van der Waals surface area contributed by atoms with Gasteiger partial charge in [0.25, 0.3) is 5.56 Å². The molecule has 0 bridgehead atoms. The van der Waals surface area contributed by atoms with E-state index in [1.807, 2.05) is 0 Å². The highest BCUT2D eigenvalue weighted by molar-refractivity contribution is 8.13. The molecule has 3 rings (SSSR count). The van der Waals surface area contributed by atoms with Gasteiger partial charge in [0.2, 0.25) is 5.95 Å². The van der Waals surface area contributed by atoms with Crippen molar-refractivity contribution in [2.75, 3.05) is 31.3 Å². The molecule has 2 aromatic rings. The first kappa shape index (κ1) is 27.7. The zero-order chi connectivity index (χ0) is 26.2. The molecular weight excluding hydrogens is 507 g/mol. The van der Waals surface area contributed by atoms with Crippen molar-refractivity contribution < 1.29 is 38.5 Å². The predicted molar refractivity (Wildman–Crippen MR) is 125 cm³/mol. The number of H-pyrrole nitrogens is 1. The van der Waals surface area contributed by atoms with Gasteiger partial charge in [0.05, 0.1) is 31.6 Å². The van der Waals surface area contributed by atoms with Crippen LogP contribution in [0.1, 0.15) is 27.0 Å². The summed E-state index contributed by atoms with van der Waals surface area (Å²) in [6.45, 7) is 3.47. The van der Waals surface area contributed by atoms with Gasteiger partial charge in [-0.2, -0.15) is 4.98 Å². The number of hydrogen-bond donors (Lipinski definition) is 6. The highest BCUT2D eigenvalue weighted by Crippen LogP contribution is 2.43. The van der Waals surface area contributed by atoms with Crippen LogP contribution in [-0.2, 0) is 23.1 Å². The zero-order valence-corrected chi connectivity index (χ0v) is 21.0. The second-order valence-corrected chi connectivity index (χ2v) is 11.5. The fourth-order valence-electron chi connectivity index (χ4n) is 3.27. The Kier molecular flexibility index (Phi) is 8.10. The van der Waals surface area contributed by atoms with E-state index in [1.165, 1.54) is 17.8 Å². The lowest BCUT2D eigenvalue weighted by atomic mass is 9.96. The Morgan fingerprint density at radius 1 is 1.46 bits per heavy atom. The summed E-state index contributed by atoms with van der Waals surface area (Å²) >= 11 is 0.892. The molecule has 1 saturated heterocycles. The van der Waals surface area contributed by atoms with E-state index in [0.717, 1.165) is 11.8 Å². The summed E-state index contributed by atoms with van der Waals surface area (Å²) in [6.07, 6.45) is -2.75. The maximum absolute atomic E-state index is 12.4. The quantitative estimate of drug-likeness (QED) is 0.159. The van der Waals surface area contributed by atoms with E-state index in [1.54, 1.807) is 13.8 Å². The van der Waals surface area contributed by atoms with Crippen molar-refractivity contribution in [3.05, 3.63) is 16.7 Å². The van der Waals surface area contributed by atoms with Crippen molar-refractivity contribution >= 4 is 41.7 Å². The van der Waals surface area contributed by atoms with Crippen molar-refractivity contribution in [1.82, 2.24) is 19.5 Å². The predicted octanol–water partition coefficient (Wildman–Crippen LogP) is -0.911. The SMILES string of the molecule is CC(C)(CO)C(=O)SCCOP(N)(=O)OC[C@H]1O[C@@H](n2cnc3c(=O)[nH]c(N)nc32)[C@](C)(O)[C@@H]1O. The van der Waals surface area contributed by atoms with Gasteiger partial charge in [-0.25, -0.2) is 15.1 Å². The van der Waals surface area contributed by atoms with Gasteiger partial charge in [0.15, 0.2) is 22.5 Å². The Morgan fingerprint density at radius 3 is 2.80 bits per heavy atom. The molecule has 2 aromatic heterocycles. The lowest BCUT2D eigenvalue weighted by molar-refractivity contribution is -0.119. The third-order valence-corrected chi connectivity index (χ3v) is 7.65. The summed E-state index contributed by atoms with van der Waals surface area (Å²) < 4.78 is 29.6. The van der Waals surface area contributed by atoms with E-state index >= 15 is 0 Å². The van der Waals surface area contributed by atoms with Crippen molar-refractivity contribution in [1.29, 1.82) is 0 Å². The second kappa shape index (κ2) is 10.2. The van der Waals surface area contributed by atoms with Crippen molar-refractivity contribution in [3.8, 4) is 0 Å². The largest absolute Gasteiger partial charge is 0.402 e. The molecule has 15 nitrogen and oxygen atoms in total. The fraction of sp³-hybridized carbons (Fsp3) is 0.667. The Bertz CT molecular complexity index is 1180. The van der Waals surface area contributed by atoms with E-state index in [0.29, 0.717) is 0 Å². The van der Waals surface area contributed by atoms with Crippen LogP contribution in [0.25, 0.3) is 11.2 Å². The standard InChI is InChI=1S/C18H29N6O9PS/c1-17(2,7-25)15(28)35-5-4-31-34(20,30)32-6-9-11(26)18(3,29)14(33-9)24-8-21-10-12(24)22-16(19)23-13(10)27/h8-9,11,14,25-26,29H,4-7H2,1-3H3,(H2,20,30)(H3,19,22,23,27)/t9-,11-,14-,18-,34?/m1/s1. The van der Waals surface area contributed by atoms with Crippen LogP contribution in [0.4, 0.5) is 5.95 Å². The number of carbonyl (C=O) groups is 1. The van der Waals surface area contributed by atoms with Crippen LogP contribution in [0.15, 0.2) is 11.1 Å². The van der Waals surface area contributed by atoms with Crippen LogP contribution in [0.5, 0.6) is 0 Å². The summed E-state index contributed by atoms with van der Waals surface area (Å²) in [6, 6.07) is 0. The van der Waals surface area contributed by atoms with Gasteiger partial charge in [-0.1, -0.05) is 11.8 Å². The van der Waals surface area contributed by atoms with E-state index < -0.39 is 49.4 Å². The minimum Gasteiger partial charge on any atom is -0.395 e. The Hall–Kier alpha value is -1.88. The number of fused-ring (bicyclic) bond motifs is 1. The zero-order valence-electron chi connectivity index (χ0n) is 19.3. The van der Waals surface area contributed by atoms with Gasteiger partial charge < -0.3 is 25.8 Å². The Morgan fingerprint density at radius 2 is 2.14 bits per heavy atom. The molecule has 1 aliphatic heterocycles. The van der Waals surface area contributed by atoms with Crippen molar-refractivity contribution in [3.63, 3.8) is 0 Å². The average molecular weight is 537 g/mol. The summed E-state index contributed by atoms with van der Waals surface area (Å²) in [4.78, 5) is 34.3. The molecule has 35 heavy (non-hydrogen) atoms. The number of aliphatic hydroxyl groups is 3. The van der Waals surface area contributed by atoms with Crippen LogP contribution in [0.2, 0.25) is 0 Å². The highest BCUT2D eigenvalue weighted by Gasteiger charge is 2.54. The molecule has 0 saturated carbocycles. The Balaban J connectivity index is 1.61. The Labute approximate surface area is 203 Å². The molecule has 1 fully saturated rings. The van der Waals surface area contributed by atoms with E-state index in [4.69, 9.17) is 25.0 Å². The minimum atomic E-state index is -4.09. The summed E-state index contributed by atoms with van der Waals surface area (Å²) in [5, 5.41) is 30.4. The van der Waals surface area contributed by atoms with E-state index in [2.05, 4.69) is 15.0 Å². The summed E-state index contributed by atoms with van der Waals surface area (Å²) in [5.41, 5.74) is 7.73. The fourth-order valence-corrected chi connectivity index (χ4v) is 4.97. The van der Waals surface area contributed by atoms with Gasteiger partial charge in [-0.3, -0.25) is 28.2 Å². The molecule has 17 heteroatoms. The number of nitrogens with zero attached hydrogens (tertiary/aromatic N) is 3. The lowest BCUT2D eigenvalue weighted by Gasteiger charge is -2.27. The van der Waals surface area contributed by atoms with Crippen molar-refractivity contribution in [2.45, 2.75) is 44.8 Å². The molecule has 8 N–H and O–H groups in total. The summed E-state index contributed by atoms with van der Waals surface area (Å²) in [5.74, 6) is -0.0573. The second-order valence-electron chi connectivity index (χ2n) is 8.82. The number of aromatic nitrogens is 4. The molecule has 1 unspecified atom stereocenters. The molecule has 3 heterocycles. The minimum absolute atomic E-state index is 0.0227. The van der Waals surface area contributed by atoms with E-state index in [9.17, 15) is 29.5 Å². The number of nitrogens with one attached hydrogen (secondary N) is 1. The van der Waals surface area contributed by atoms with Crippen LogP contribution in [0.3, 0.4) is 0 Å². The number of aromatic amines is 1. The normalized spacial score (nSPS) is 26.8. The van der Waals surface area contributed by atoms with Gasteiger partial charge in [0.1, 0.15) is 17.8 Å². The summed E-state index contributed by atoms with van der Waals surface area (Å²) in [7, 11) is -4.09. The van der Waals surface area contributed by atoms with Crippen LogP contribution >= 0.6 is 19.5 Å². The molecule has 0 aromatic carbocycles. The molecule has 5 atom stereocenters. The molecule has 0 amide bonds. The number of ether oxygens (including phenoxy) is 1.